The summed E-state index contributed by atoms with van der Waals surface area (Å²) >= 11 is 5.58. The van der Waals surface area contributed by atoms with Gasteiger partial charge in [0.2, 0.25) is 0 Å². The van der Waals surface area contributed by atoms with E-state index in [9.17, 15) is 26.4 Å². The van der Waals surface area contributed by atoms with Gasteiger partial charge in [-0.15, -0.1) is 0 Å². The zero-order valence-corrected chi connectivity index (χ0v) is 15.4. The average Bonchev–Trinajstić information content (AvgIpc) is 2.82. The number of ether oxygens (including phenoxy) is 1. The molecule has 142 valence electrons. The Bertz CT molecular complexity index is 968. The monoisotopic (exact) mass is 410 g/mol. The van der Waals surface area contributed by atoms with Crippen LogP contribution in [0.3, 0.4) is 0 Å². The van der Waals surface area contributed by atoms with E-state index < -0.39 is 38.3 Å². The average molecular weight is 411 g/mol. The first kappa shape index (κ1) is 20.1. The van der Waals surface area contributed by atoms with Gasteiger partial charge in [0.1, 0.15) is 10.5 Å². The van der Waals surface area contributed by atoms with Crippen LogP contribution in [0.25, 0.3) is 0 Å². The lowest BCUT2D eigenvalue weighted by Crippen LogP contribution is -2.20. The first-order valence-electron chi connectivity index (χ1n) is 7.05. The van der Waals surface area contributed by atoms with Gasteiger partial charge in [0.05, 0.1) is 18.4 Å². The molecule has 0 spiro atoms. The van der Waals surface area contributed by atoms with E-state index in [1.165, 1.54) is 13.8 Å². The molecule has 26 heavy (non-hydrogen) atoms. The number of halogens is 4. The SMILES string of the molecule is COC(=O)c1c(C)[nH]c(C)c1S(=O)(=O)Nc1ccc(Cl)cc1C(F)(F)F. The Morgan fingerprint density at radius 2 is 1.85 bits per heavy atom. The highest BCUT2D eigenvalue weighted by molar-refractivity contribution is 7.92. The second kappa shape index (κ2) is 6.84. The fourth-order valence-electron chi connectivity index (χ4n) is 2.48. The molecule has 0 aliphatic heterocycles. The summed E-state index contributed by atoms with van der Waals surface area (Å²) in [6, 6.07) is 2.62. The van der Waals surface area contributed by atoms with Crippen LogP contribution in [-0.4, -0.2) is 26.5 Å². The van der Waals surface area contributed by atoms with Crippen molar-refractivity contribution in [2.75, 3.05) is 11.8 Å². The summed E-state index contributed by atoms with van der Waals surface area (Å²) in [5, 5.41) is -0.204. The summed E-state index contributed by atoms with van der Waals surface area (Å²) < 4.78 is 71.4. The summed E-state index contributed by atoms with van der Waals surface area (Å²) in [5.74, 6) is -0.931. The minimum Gasteiger partial charge on any atom is -0.465 e. The third-order valence-electron chi connectivity index (χ3n) is 3.51. The Hall–Kier alpha value is -2.20. The number of aromatic nitrogens is 1. The van der Waals surface area contributed by atoms with E-state index in [2.05, 4.69) is 9.72 Å². The van der Waals surface area contributed by atoms with E-state index in [0.717, 1.165) is 19.2 Å². The maximum atomic E-state index is 13.2. The van der Waals surface area contributed by atoms with Crippen molar-refractivity contribution in [2.24, 2.45) is 0 Å². The molecule has 1 aromatic carbocycles. The standard InChI is InChI=1S/C15H14ClF3N2O4S/c1-7-12(14(22)25-3)13(8(2)20-7)26(23,24)21-11-5-4-9(16)6-10(11)15(17,18)19/h4-6,20-21H,1-3H3. The third kappa shape index (κ3) is 3.80. The molecule has 0 aliphatic rings. The van der Waals surface area contributed by atoms with Gasteiger partial charge in [-0.25, -0.2) is 13.2 Å². The summed E-state index contributed by atoms with van der Waals surface area (Å²) in [5.41, 5.74) is -1.95. The van der Waals surface area contributed by atoms with Crippen LogP contribution in [0.15, 0.2) is 23.1 Å². The predicted molar refractivity (Wildman–Crippen MR) is 88.9 cm³/mol. The summed E-state index contributed by atoms with van der Waals surface area (Å²) in [6.45, 7) is 2.82. The molecule has 0 amide bonds. The molecule has 11 heteroatoms. The normalized spacial score (nSPS) is 12.1. The number of carbonyl (C=O) groups excluding carboxylic acids is 1. The maximum absolute atomic E-state index is 13.2. The number of benzene rings is 1. The lowest BCUT2D eigenvalue weighted by molar-refractivity contribution is -0.136. The van der Waals surface area contributed by atoms with Gasteiger partial charge in [-0.05, 0) is 32.0 Å². The van der Waals surface area contributed by atoms with E-state index in [-0.39, 0.29) is 22.0 Å². The number of anilines is 1. The van der Waals surface area contributed by atoms with Crippen LogP contribution < -0.4 is 4.72 Å². The van der Waals surface area contributed by atoms with Crippen LogP contribution in [0.2, 0.25) is 5.02 Å². The molecule has 1 aromatic heterocycles. The zero-order chi connectivity index (χ0) is 19.9. The van der Waals surface area contributed by atoms with Crippen LogP contribution in [0.4, 0.5) is 18.9 Å². The zero-order valence-electron chi connectivity index (χ0n) is 13.8. The first-order valence-corrected chi connectivity index (χ1v) is 8.91. The van der Waals surface area contributed by atoms with Gasteiger partial charge in [-0.3, -0.25) is 4.72 Å². The van der Waals surface area contributed by atoms with E-state index >= 15 is 0 Å². The second-order valence-electron chi connectivity index (χ2n) is 5.36. The van der Waals surface area contributed by atoms with Crippen molar-refractivity contribution in [1.29, 1.82) is 0 Å². The quantitative estimate of drug-likeness (QED) is 0.748. The molecule has 6 nitrogen and oxygen atoms in total. The lowest BCUT2D eigenvalue weighted by atomic mass is 10.2. The Balaban J connectivity index is 2.61. The van der Waals surface area contributed by atoms with Gasteiger partial charge >= 0.3 is 12.1 Å². The number of nitrogens with one attached hydrogen (secondary N) is 2. The number of carbonyl (C=O) groups is 1. The molecule has 0 atom stereocenters. The molecule has 0 bridgehead atoms. The van der Waals surface area contributed by atoms with Crippen LogP contribution in [0.1, 0.15) is 27.3 Å². The third-order valence-corrected chi connectivity index (χ3v) is 5.28. The number of H-pyrrole nitrogens is 1. The Morgan fingerprint density at radius 1 is 1.23 bits per heavy atom. The van der Waals surface area contributed by atoms with Crippen molar-refractivity contribution in [2.45, 2.75) is 24.9 Å². The fraction of sp³-hybridized carbons (Fsp3) is 0.267. The number of methoxy groups -OCH3 is 1. The molecule has 2 N–H and O–H groups in total. The first-order chi connectivity index (χ1) is 11.9. The maximum Gasteiger partial charge on any atom is 0.418 e. The predicted octanol–water partition coefficient (Wildman–Crippen LogP) is 3.89. The number of aromatic amines is 1. The van der Waals surface area contributed by atoms with Gasteiger partial charge < -0.3 is 9.72 Å². The highest BCUT2D eigenvalue weighted by atomic mass is 35.5. The van der Waals surface area contributed by atoms with E-state index in [4.69, 9.17) is 11.6 Å². The summed E-state index contributed by atoms with van der Waals surface area (Å²) in [4.78, 5) is 14.1. The number of aryl methyl sites for hydroxylation is 2. The summed E-state index contributed by atoms with van der Waals surface area (Å²) in [6.07, 6.45) is -4.84. The summed E-state index contributed by atoms with van der Waals surface area (Å²) in [7, 11) is -3.47. The van der Waals surface area contributed by atoms with Gasteiger partial charge in [-0.1, -0.05) is 11.6 Å². The van der Waals surface area contributed by atoms with Gasteiger partial charge in [-0.2, -0.15) is 13.2 Å². The molecule has 2 rings (SSSR count). The van der Waals surface area contributed by atoms with Crippen molar-refractivity contribution in [3.8, 4) is 0 Å². The van der Waals surface area contributed by atoms with Crippen LogP contribution in [0, 0.1) is 13.8 Å². The fourth-order valence-corrected chi connectivity index (χ4v) is 4.18. The van der Waals surface area contributed by atoms with Crippen molar-refractivity contribution in [3.05, 3.63) is 45.7 Å². The Morgan fingerprint density at radius 3 is 2.38 bits per heavy atom. The number of rotatable bonds is 4. The van der Waals surface area contributed by atoms with Crippen molar-refractivity contribution in [1.82, 2.24) is 4.98 Å². The largest absolute Gasteiger partial charge is 0.465 e. The van der Waals surface area contributed by atoms with E-state index in [1.807, 2.05) is 4.72 Å². The molecule has 0 saturated heterocycles. The van der Waals surface area contributed by atoms with Gasteiger partial charge in [0, 0.05) is 16.4 Å². The molecule has 1 heterocycles. The van der Waals surface area contributed by atoms with E-state index in [0.29, 0.717) is 6.07 Å². The Labute approximate surface area is 152 Å². The Kier molecular flexibility index (Phi) is 5.29. The highest BCUT2D eigenvalue weighted by Gasteiger charge is 2.36. The molecule has 0 fully saturated rings. The minimum absolute atomic E-state index is 0.0814. The smallest absolute Gasteiger partial charge is 0.418 e. The van der Waals surface area contributed by atoms with Crippen LogP contribution in [0.5, 0.6) is 0 Å². The number of alkyl halides is 3. The van der Waals surface area contributed by atoms with Crippen LogP contribution in [-0.2, 0) is 20.9 Å². The number of sulfonamides is 1. The number of hydrogen-bond donors (Lipinski definition) is 2. The molecule has 0 saturated carbocycles. The molecule has 0 unspecified atom stereocenters. The van der Waals surface area contributed by atoms with Crippen molar-refractivity contribution in [3.63, 3.8) is 0 Å². The lowest BCUT2D eigenvalue weighted by Gasteiger charge is -2.15. The topological polar surface area (TPSA) is 88.3 Å². The van der Waals surface area contributed by atoms with Gasteiger partial charge in [0.15, 0.2) is 0 Å². The van der Waals surface area contributed by atoms with Crippen molar-refractivity contribution < 1.29 is 31.1 Å². The minimum atomic E-state index is -4.84. The molecular formula is C15H14ClF3N2O4S. The molecular weight excluding hydrogens is 397 g/mol. The van der Waals surface area contributed by atoms with Crippen molar-refractivity contribution >= 4 is 33.3 Å². The number of hydrogen-bond acceptors (Lipinski definition) is 4. The van der Waals surface area contributed by atoms with Crippen LogP contribution >= 0.6 is 11.6 Å². The van der Waals surface area contributed by atoms with Gasteiger partial charge in [0.25, 0.3) is 10.0 Å². The van der Waals surface area contributed by atoms with E-state index in [1.54, 1.807) is 0 Å². The second-order valence-corrected chi connectivity index (χ2v) is 7.42. The molecule has 0 radical (unpaired) electrons. The number of esters is 1. The molecule has 2 aromatic rings. The highest BCUT2D eigenvalue weighted by Crippen LogP contribution is 2.38. The molecule has 0 aliphatic carbocycles.